The highest BCUT2D eigenvalue weighted by atomic mass is 16.6. The quantitative estimate of drug-likeness (QED) is 0.585. The predicted molar refractivity (Wildman–Crippen MR) is 96.3 cm³/mol. The molecule has 3 atom stereocenters. The Bertz CT molecular complexity index is 748. The van der Waals surface area contributed by atoms with E-state index in [9.17, 15) is 25.1 Å². The fourth-order valence-corrected chi connectivity index (χ4v) is 2.61. The average molecular weight is 358 g/mol. The van der Waals surface area contributed by atoms with Crippen LogP contribution in [0.15, 0.2) is 54.6 Å². The van der Waals surface area contributed by atoms with Gasteiger partial charge in [-0.3, -0.25) is 14.9 Å². The largest absolute Gasteiger partial charge is 0.388 e. The maximum absolute atomic E-state index is 12.4. The van der Waals surface area contributed by atoms with E-state index in [1.165, 1.54) is 29.2 Å². The summed E-state index contributed by atoms with van der Waals surface area (Å²) in [6, 6.07) is 14.0. The second-order valence-corrected chi connectivity index (χ2v) is 6.17. The van der Waals surface area contributed by atoms with Gasteiger partial charge in [0.05, 0.1) is 29.6 Å². The molecule has 0 fully saturated rings. The van der Waals surface area contributed by atoms with Crippen molar-refractivity contribution in [3.05, 3.63) is 75.8 Å². The van der Waals surface area contributed by atoms with Gasteiger partial charge in [0, 0.05) is 19.2 Å². The first kappa shape index (κ1) is 19.6. The number of carbonyl (C=O) groups is 1. The van der Waals surface area contributed by atoms with Crippen molar-refractivity contribution in [3.63, 3.8) is 0 Å². The summed E-state index contributed by atoms with van der Waals surface area (Å²) in [5.41, 5.74) is 1.05. The van der Waals surface area contributed by atoms with E-state index in [1.54, 1.807) is 26.1 Å². The number of likely N-dealkylation sites (N-methyl/N-ethyl adjacent to an activating group) is 1. The molecule has 0 aliphatic rings. The summed E-state index contributed by atoms with van der Waals surface area (Å²) in [6.45, 7) is 1.73. The molecule has 0 aliphatic heterocycles. The minimum absolute atomic E-state index is 0.0796. The van der Waals surface area contributed by atoms with Crippen molar-refractivity contribution in [3.8, 4) is 0 Å². The molecule has 138 valence electrons. The molecule has 0 unspecified atom stereocenters. The van der Waals surface area contributed by atoms with Crippen molar-refractivity contribution in [1.29, 1.82) is 0 Å². The summed E-state index contributed by atoms with van der Waals surface area (Å²) in [6.07, 6.45) is -2.10. The third kappa shape index (κ3) is 4.65. The minimum atomic E-state index is -1.08. The van der Waals surface area contributed by atoms with Crippen LogP contribution in [0.2, 0.25) is 0 Å². The molecule has 0 saturated carbocycles. The van der Waals surface area contributed by atoms with E-state index >= 15 is 0 Å². The molecule has 7 heteroatoms. The molecular weight excluding hydrogens is 336 g/mol. The summed E-state index contributed by atoms with van der Waals surface area (Å²) >= 11 is 0. The van der Waals surface area contributed by atoms with Crippen LogP contribution in [0.25, 0.3) is 0 Å². The second-order valence-electron chi connectivity index (χ2n) is 6.17. The molecule has 0 aliphatic carbocycles. The number of non-ortho nitro benzene ring substituents is 1. The van der Waals surface area contributed by atoms with E-state index in [0.29, 0.717) is 11.1 Å². The van der Waals surface area contributed by atoms with Gasteiger partial charge in [-0.2, -0.15) is 0 Å². The molecule has 0 saturated heterocycles. The van der Waals surface area contributed by atoms with Crippen LogP contribution in [0.3, 0.4) is 0 Å². The number of benzene rings is 2. The van der Waals surface area contributed by atoms with Gasteiger partial charge in [-0.1, -0.05) is 30.3 Å². The Morgan fingerprint density at radius 1 is 1.08 bits per heavy atom. The summed E-state index contributed by atoms with van der Waals surface area (Å²) in [7, 11) is 1.57. The number of hydrogen-bond donors (Lipinski definition) is 2. The molecule has 0 bridgehead atoms. The topological polar surface area (TPSA) is 104 Å². The Hall–Kier alpha value is -2.77. The zero-order valence-corrected chi connectivity index (χ0v) is 14.6. The third-order valence-corrected chi connectivity index (χ3v) is 4.46. The monoisotopic (exact) mass is 358 g/mol. The molecule has 2 rings (SSSR count). The molecule has 2 N–H and O–H groups in total. The number of aliphatic hydroxyl groups is 2. The highest BCUT2D eigenvalue weighted by Crippen LogP contribution is 2.24. The second kappa shape index (κ2) is 8.55. The highest BCUT2D eigenvalue weighted by Gasteiger charge is 2.25. The Kier molecular flexibility index (Phi) is 6.43. The van der Waals surface area contributed by atoms with E-state index in [-0.39, 0.29) is 18.0 Å². The van der Waals surface area contributed by atoms with Crippen LogP contribution in [-0.4, -0.2) is 39.0 Å². The Morgan fingerprint density at radius 2 is 1.65 bits per heavy atom. The number of hydrogen-bond acceptors (Lipinski definition) is 5. The van der Waals surface area contributed by atoms with E-state index in [1.807, 2.05) is 18.2 Å². The molecule has 2 aromatic rings. The van der Waals surface area contributed by atoms with Crippen LogP contribution in [-0.2, 0) is 4.79 Å². The molecule has 26 heavy (non-hydrogen) atoms. The number of nitro groups is 1. The van der Waals surface area contributed by atoms with Crippen LogP contribution >= 0.6 is 0 Å². The van der Waals surface area contributed by atoms with E-state index in [2.05, 4.69) is 0 Å². The minimum Gasteiger partial charge on any atom is -0.388 e. The standard InChI is InChI=1S/C19H22N2O5/c1-13(19(24)15-6-4-3-5-7-15)20(2)18(23)12-17(22)14-8-10-16(11-9-14)21(25)26/h3-11,13,17,19,22,24H,12H2,1-2H3/t13-,17+,19+/m0/s1. The first-order chi connectivity index (χ1) is 12.3. The van der Waals surface area contributed by atoms with Gasteiger partial charge >= 0.3 is 0 Å². The van der Waals surface area contributed by atoms with E-state index in [0.717, 1.165) is 0 Å². The van der Waals surface area contributed by atoms with Gasteiger partial charge in [-0.15, -0.1) is 0 Å². The molecule has 0 aromatic heterocycles. The van der Waals surface area contributed by atoms with Crippen LogP contribution in [0.5, 0.6) is 0 Å². The van der Waals surface area contributed by atoms with Crippen LogP contribution < -0.4 is 0 Å². The van der Waals surface area contributed by atoms with Gasteiger partial charge in [-0.25, -0.2) is 0 Å². The normalized spacial score (nSPS) is 14.3. The number of aliphatic hydroxyl groups excluding tert-OH is 2. The maximum Gasteiger partial charge on any atom is 0.269 e. The Balaban J connectivity index is 2.00. The SMILES string of the molecule is C[C@@H]([C@@H](O)c1ccccc1)N(C)C(=O)C[C@@H](O)c1ccc([N+](=O)[O-])cc1. The lowest BCUT2D eigenvalue weighted by atomic mass is 10.0. The van der Waals surface area contributed by atoms with Crippen LogP contribution in [0.1, 0.15) is 36.7 Å². The Labute approximate surface area is 151 Å². The lowest BCUT2D eigenvalue weighted by molar-refractivity contribution is -0.384. The van der Waals surface area contributed by atoms with Gasteiger partial charge < -0.3 is 15.1 Å². The molecule has 0 radical (unpaired) electrons. The third-order valence-electron chi connectivity index (χ3n) is 4.46. The van der Waals surface area contributed by atoms with E-state index < -0.39 is 23.2 Å². The summed E-state index contributed by atoms with van der Waals surface area (Å²) in [4.78, 5) is 24.0. The summed E-state index contributed by atoms with van der Waals surface area (Å²) in [5, 5.41) is 31.3. The lowest BCUT2D eigenvalue weighted by Gasteiger charge is -2.30. The van der Waals surface area contributed by atoms with Gasteiger partial charge in [-0.05, 0) is 30.2 Å². The van der Waals surface area contributed by atoms with Gasteiger partial charge in [0.1, 0.15) is 0 Å². The highest BCUT2D eigenvalue weighted by molar-refractivity contribution is 5.77. The molecule has 2 aromatic carbocycles. The van der Waals surface area contributed by atoms with Crippen LogP contribution in [0.4, 0.5) is 5.69 Å². The van der Waals surface area contributed by atoms with Crippen LogP contribution in [0, 0.1) is 10.1 Å². The molecule has 0 spiro atoms. The average Bonchev–Trinajstić information content (AvgIpc) is 2.66. The van der Waals surface area contributed by atoms with Crippen molar-refractivity contribution in [2.24, 2.45) is 0 Å². The number of nitro benzene ring substituents is 1. The van der Waals surface area contributed by atoms with Crippen molar-refractivity contribution in [1.82, 2.24) is 4.90 Å². The zero-order chi connectivity index (χ0) is 19.3. The number of carbonyl (C=O) groups excluding carboxylic acids is 1. The number of amides is 1. The molecular formula is C19H22N2O5. The van der Waals surface area contributed by atoms with Crippen molar-refractivity contribution in [2.75, 3.05) is 7.05 Å². The maximum atomic E-state index is 12.4. The van der Waals surface area contributed by atoms with Gasteiger partial charge in [0.2, 0.25) is 5.91 Å². The zero-order valence-electron chi connectivity index (χ0n) is 14.6. The van der Waals surface area contributed by atoms with Crippen molar-refractivity contribution in [2.45, 2.75) is 31.6 Å². The van der Waals surface area contributed by atoms with Gasteiger partial charge in [0.25, 0.3) is 5.69 Å². The molecule has 7 nitrogen and oxygen atoms in total. The Morgan fingerprint density at radius 3 is 2.19 bits per heavy atom. The van der Waals surface area contributed by atoms with Gasteiger partial charge in [0.15, 0.2) is 0 Å². The fraction of sp³-hybridized carbons (Fsp3) is 0.316. The fourth-order valence-electron chi connectivity index (χ4n) is 2.61. The first-order valence-electron chi connectivity index (χ1n) is 8.22. The van der Waals surface area contributed by atoms with Crippen molar-refractivity contribution < 1.29 is 19.9 Å². The number of rotatable bonds is 7. The first-order valence-corrected chi connectivity index (χ1v) is 8.22. The lowest BCUT2D eigenvalue weighted by Crippen LogP contribution is -2.39. The van der Waals surface area contributed by atoms with Crippen molar-refractivity contribution >= 4 is 11.6 Å². The smallest absolute Gasteiger partial charge is 0.269 e. The number of nitrogens with zero attached hydrogens (tertiary/aromatic N) is 2. The summed E-state index contributed by atoms with van der Waals surface area (Å²) < 4.78 is 0. The molecule has 0 heterocycles. The van der Waals surface area contributed by atoms with E-state index in [4.69, 9.17) is 0 Å². The molecule has 1 amide bonds. The predicted octanol–water partition coefficient (Wildman–Crippen LogP) is 2.60. The summed E-state index contributed by atoms with van der Waals surface area (Å²) in [5.74, 6) is -0.335.